The van der Waals surface area contributed by atoms with Crippen molar-refractivity contribution in [3.63, 3.8) is 0 Å². The van der Waals surface area contributed by atoms with Gasteiger partial charge in [-0.1, -0.05) is 15.9 Å². The molecule has 1 aromatic rings. The van der Waals surface area contributed by atoms with Crippen molar-refractivity contribution in [2.75, 3.05) is 31.1 Å². The number of hydrogen-bond donors (Lipinski definition) is 1. The molecule has 4 heteroatoms. The van der Waals surface area contributed by atoms with Gasteiger partial charge in [0.15, 0.2) is 0 Å². The highest BCUT2D eigenvalue weighted by Crippen LogP contribution is 2.29. The standard InChI is InChI=1S/C15H24BrN3/c1-11(2)18-6-8-19(9-7-18)15-5-4-13(16)10-14(15)12(3)17/h4-5,10-12H,6-9,17H2,1-3H3. The van der Waals surface area contributed by atoms with E-state index in [1.165, 1.54) is 11.3 Å². The summed E-state index contributed by atoms with van der Waals surface area (Å²) in [4.78, 5) is 4.99. The second-order valence-corrected chi connectivity index (χ2v) is 6.52. The molecule has 0 amide bonds. The highest BCUT2D eigenvalue weighted by molar-refractivity contribution is 9.10. The second-order valence-electron chi connectivity index (χ2n) is 5.61. The zero-order chi connectivity index (χ0) is 14.0. The van der Waals surface area contributed by atoms with Crippen LogP contribution in [0.5, 0.6) is 0 Å². The number of halogens is 1. The van der Waals surface area contributed by atoms with Crippen molar-refractivity contribution in [2.45, 2.75) is 32.9 Å². The van der Waals surface area contributed by atoms with E-state index in [1.807, 2.05) is 0 Å². The van der Waals surface area contributed by atoms with Crippen molar-refractivity contribution in [3.05, 3.63) is 28.2 Å². The van der Waals surface area contributed by atoms with Gasteiger partial charge in [0.05, 0.1) is 0 Å². The van der Waals surface area contributed by atoms with Gasteiger partial charge in [-0.2, -0.15) is 0 Å². The minimum absolute atomic E-state index is 0.0654. The van der Waals surface area contributed by atoms with Crippen molar-refractivity contribution in [1.29, 1.82) is 0 Å². The molecule has 106 valence electrons. The summed E-state index contributed by atoms with van der Waals surface area (Å²) in [5.41, 5.74) is 8.63. The van der Waals surface area contributed by atoms with Gasteiger partial charge in [0, 0.05) is 48.4 Å². The Bertz CT molecular complexity index is 423. The fourth-order valence-electron chi connectivity index (χ4n) is 2.66. The molecule has 0 spiro atoms. The van der Waals surface area contributed by atoms with Gasteiger partial charge in [0.2, 0.25) is 0 Å². The smallest absolute Gasteiger partial charge is 0.0416 e. The lowest BCUT2D eigenvalue weighted by Gasteiger charge is -2.39. The van der Waals surface area contributed by atoms with Gasteiger partial charge < -0.3 is 10.6 Å². The number of benzene rings is 1. The molecule has 1 fully saturated rings. The minimum atomic E-state index is 0.0654. The Kier molecular flexibility index (Phi) is 4.87. The Morgan fingerprint density at radius 3 is 2.26 bits per heavy atom. The molecule has 2 N–H and O–H groups in total. The Balaban J connectivity index is 2.15. The molecule has 19 heavy (non-hydrogen) atoms. The first-order chi connectivity index (χ1) is 8.99. The summed E-state index contributed by atoms with van der Waals surface area (Å²) in [7, 11) is 0. The monoisotopic (exact) mass is 325 g/mol. The van der Waals surface area contributed by atoms with Crippen molar-refractivity contribution < 1.29 is 0 Å². The summed E-state index contributed by atoms with van der Waals surface area (Å²) in [5, 5.41) is 0. The number of nitrogens with two attached hydrogens (primary N) is 1. The first kappa shape index (κ1) is 14.8. The predicted molar refractivity (Wildman–Crippen MR) is 85.7 cm³/mol. The van der Waals surface area contributed by atoms with E-state index in [4.69, 9.17) is 5.73 Å². The Morgan fingerprint density at radius 1 is 1.11 bits per heavy atom. The third-order valence-electron chi connectivity index (χ3n) is 3.87. The van der Waals surface area contributed by atoms with Gasteiger partial charge in [-0.25, -0.2) is 0 Å². The van der Waals surface area contributed by atoms with Gasteiger partial charge in [0.1, 0.15) is 0 Å². The zero-order valence-electron chi connectivity index (χ0n) is 12.1. The van der Waals surface area contributed by atoms with Crippen LogP contribution in [0.15, 0.2) is 22.7 Å². The molecule has 1 unspecified atom stereocenters. The average Bonchev–Trinajstić information content (AvgIpc) is 2.38. The Hall–Kier alpha value is -0.580. The van der Waals surface area contributed by atoms with Crippen molar-refractivity contribution >= 4 is 21.6 Å². The molecule has 1 saturated heterocycles. The van der Waals surface area contributed by atoms with Gasteiger partial charge >= 0.3 is 0 Å². The third kappa shape index (κ3) is 3.50. The number of nitrogens with zero attached hydrogens (tertiary/aromatic N) is 2. The summed E-state index contributed by atoms with van der Waals surface area (Å²) < 4.78 is 1.10. The van der Waals surface area contributed by atoms with Crippen LogP contribution >= 0.6 is 15.9 Å². The van der Waals surface area contributed by atoms with E-state index in [0.717, 1.165) is 30.7 Å². The molecule has 1 atom stereocenters. The maximum atomic E-state index is 6.11. The molecule has 3 nitrogen and oxygen atoms in total. The highest BCUT2D eigenvalue weighted by atomic mass is 79.9. The lowest BCUT2D eigenvalue weighted by Crippen LogP contribution is -2.49. The van der Waals surface area contributed by atoms with Gasteiger partial charge in [-0.15, -0.1) is 0 Å². The maximum absolute atomic E-state index is 6.11. The Morgan fingerprint density at radius 2 is 1.74 bits per heavy atom. The van der Waals surface area contributed by atoms with E-state index >= 15 is 0 Å². The van der Waals surface area contributed by atoms with Gasteiger partial charge in [-0.05, 0) is 44.5 Å². The molecule has 2 rings (SSSR count). The summed E-state index contributed by atoms with van der Waals surface area (Å²) in [6.45, 7) is 11.0. The van der Waals surface area contributed by atoms with Crippen LogP contribution in [0.3, 0.4) is 0 Å². The first-order valence-electron chi connectivity index (χ1n) is 7.03. The fourth-order valence-corrected chi connectivity index (χ4v) is 3.04. The highest BCUT2D eigenvalue weighted by Gasteiger charge is 2.21. The van der Waals surface area contributed by atoms with Crippen LogP contribution in [0.1, 0.15) is 32.4 Å². The fraction of sp³-hybridized carbons (Fsp3) is 0.600. The van der Waals surface area contributed by atoms with E-state index in [1.54, 1.807) is 0 Å². The first-order valence-corrected chi connectivity index (χ1v) is 7.82. The lowest BCUT2D eigenvalue weighted by atomic mass is 10.1. The number of rotatable bonds is 3. The van der Waals surface area contributed by atoms with E-state index < -0.39 is 0 Å². The van der Waals surface area contributed by atoms with Crippen molar-refractivity contribution in [3.8, 4) is 0 Å². The van der Waals surface area contributed by atoms with E-state index in [-0.39, 0.29) is 6.04 Å². The quantitative estimate of drug-likeness (QED) is 0.927. The molecule has 0 bridgehead atoms. The van der Waals surface area contributed by atoms with Crippen LogP contribution in [0.4, 0.5) is 5.69 Å². The van der Waals surface area contributed by atoms with E-state index in [9.17, 15) is 0 Å². The predicted octanol–water partition coefficient (Wildman–Crippen LogP) is 3.00. The second kappa shape index (κ2) is 6.25. The SMILES string of the molecule is CC(N)c1cc(Br)ccc1N1CCN(C(C)C)CC1. The van der Waals surface area contributed by atoms with Crippen LogP contribution in [-0.4, -0.2) is 37.1 Å². The van der Waals surface area contributed by atoms with Gasteiger partial charge in [0.25, 0.3) is 0 Å². The van der Waals surface area contributed by atoms with Crippen LogP contribution in [0, 0.1) is 0 Å². The van der Waals surface area contributed by atoms with Crippen LogP contribution < -0.4 is 10.6 Å². The normalized spacial score (nSPS) is 18.9. The largest absolute Gasteiger partial charge is 0.369 e. The van der Waals surface area contributed by atoms with Crippen LogP contribution in [0.2, 0.25) is 0 Å². The lowest BCUT2D eigenvalue weighted by molar-refractivity contribution is 0.209. The summed E-state index contributed by atoms with van der Waals surface area (Å²) in [5.74, 6) is 0. The molecule has 1 aliphatic rings. The molecule has 0 saturated carbocycles. The molecule has 1 aromatic carbocycles. The summed E-state index contributed by atoms with van der Waals surface area (Å²) in [6.07, 6.45) is 0. The van der Waals surface area contributed by atoms with Gasteiger partial charge in [-0.3, -0.25) is 4.90 Å². The molecule has 1 heterocycles. The molecule has 1 aliphatic heterocycles. The molecule has 0 aromatic heterocycles. The summed E-state index contributed by atoms with van der Waals surface area (Å²) in [6, 6.07) is 7.15. The topological polar surface area (TPSA) is 32.5 Å². The number of piperazine rings is 1. The van der Waals surface area contributed by atoms with Crippen molar-refractivity contribution in [1.82, 2.24) is 4.90 Å². The molecular weight excluding hydrogens is 302 g/mol. The van der Waals surface area contributed by atoms with E-state index in [0.29, 0.717) is 6.04 Å². The van der Waals surface area contributed by atoms with Crippen molar-refractivity contribution in [2.24, 2.45) is 5.73 Å². The minimum Gasteiger partial charge on any atom is -0.369 e. The average molecular weight is 326 g/mol. The number of anilines is 1. The third-order valence-corrected chi connectivity index (χ3v) is 4.36. The number of hydrogen-bond acceptors (Lipinski definition) is 3. The molecule has 0 aliphatic carbocycles. The molecule has 0 radical (unpaired) electrons. The van der Waals surface area contributed by atoms with Crippen LogP contribution in [0.25, 0.3) is 0 Å². The summed E-state index contributed by atoms with van der Waals surface area (Å²) >= 11 is 3.53. The van der Waals surface area contributed by atoms with E-state index in [2.05, 4.69) is 64.7 Å². The molecular formula is C15H24BrN3. The Labute approximate surface area is 124 Å². The zero-order valence-corrected chi connectivity index (χ0v) is 13.7. The van der Waals surface area contributed by atoms with Crippen LogP contribution in [-0.2, 0) is 0 Å². The maximum Gasteiger partial charge on any atom is 0.0416 e.